The van der Waals surface area contributed by atoms with Crippen LogP contribution in [0.5, 0.6) is 0 Å². The van der Waals surface area contributed by atoms with Crippen LogP contribution in [0.2, 0.25) is 0 Å². The van der Waals surface area contributed by atoms with E-state index in [-0.39, 0.29) is 11.9 Å². The van der Waals surface area contributed by atoms with Crippen LogP contribution in [0.15, 0.2) is 67.1 Å². The number of hydrogen-bond acceptors (Lipinski definition) is 5. The Morgan fingerprint density at radius 1 is 1.11 bits per heavy atom. The monoisotopic (exact) mass is 487 g/mol. The number of carbonyl (C=O) groups excluding carboxylic acids is 2. The quantitative estimate of drug-likeness (QED) is 0.517. The number of rotatable bonds is 6. The largest absolute Gasteiger partial charge is 0.444 e. The lowest BCUT2D eigenvalue weighted by Gasteiger charge is -2.32. The second-order valence-electron chi connectivity index (χ2n) is 9.94. The number of nitrogens with zero attached hydrogens (tertiary/aromatic N) is 4. The summed E-state index contributed by atoms with van der Waals surface area (Å²) >= 11 is 0. The second-order valence-corrected chi connectivity index (χ2v) is 9.94. The van der Waals surface area contributed by atoms with Crippen molar-refractivity contribution in [3.05, 3.63) is 78.3 Å². The molecule has 0 unspecified atom stereocenters. The molecular formula is C28H33N5O3. The third-order valence-electron chi connectivity index (χ3n) is 5.85. The van der Waals surface area contributed by atoms with Crippen LogP contribution >= 0.6 is 0 Å². The lowest BCUT2D eigenvalue weighted by atomic mass is 10.0. The number of amides is 2. The van der Waals surface area contributed by atoms with Crippen LogP contribution in [0.3, 0.4) is 0 Å². The molecule has 0 aliphatic carbocycles. The molecule has 8 nitrogen and oxygen atoms in total. The molecule has 8 heteroatoms. The lowest BCUT2D eigenvalue weighted by Crippen LogP contribution is -2.47. The number of alkyl carbamates (subject to hydrolysis) is 1. The molecule has 1 aromatic carbocycles. The lowest BCUT2D eigenvalue weighted by molar-refractivity contribution is -0.127. The van der Waals surface area contributed by atoms with Gasteiger partial charge in [-0.2, -0.15) is 5.10 Å². The number of piperidine rings is 1. The van der Waals surface area contributed by atoms with Crippen molar-refractivity contribution in [2.45, 2.75) is 51.8 Å². The van der Waals surface area contributed by atoms with Crippen molar-refractivity contribution < 1.29 is 14.3 Å². The Kier molecular flexibility index (Phi) is 7.83. The van der Waals surface area contributed by atoms with Crippen molar-refractivity contribution >= 4 is 18.1 Å². The Labute approximate surface area is 212 Å². The normalized spacial score (nSPS) is 14.7. The predicted molar refractivity (Wildman–Crippen MR) is 139 cm³/mol. The Hall–Kier alpha value is -3.94. The molecule has 0 radical (unpaired) electrons. The fourth-order valence-electron chi connectivity index (χ4n) is 4.12. The summed E-state index contributed by atoms with van der Waals surface area (Å²) in [5, 5.41) is 7.68. The average Bonchev–Trinajstić information content (AvgIpc) is 3.25. The molecule has 1 aliphatic heterocycles. The number of likely N-dealkylation sites (tertiary alicyclic amines) is 1. The van der Waals surface area contributed by atoms with E-state index in [1.807, 2.05) is 73.0 Å². The van der Waals surface area contributed by atoms with Gasteiger partial charge in [-0.05, 0) is 57.4 Å². The average molecular weight is 488 g/mol. The first-order chi connectivity index (χ1) is 17.3. The molecule has 2 aromatic heterocycles. The highest BCUT2D eigenvalue weighted by Gasteiger charge is 2.25. The van der Waals surface area contributed by atoms with Crippen LogP contribution in [-0.2, 0) is 16.1 Å². The molecule has 3 heterocycles. The van der Waals surface area contributed by atoms with Crippen molar-refractivity contribution in [3.8, 4) is 11.3 Å². The number of pyridine rings is 1. The highest BCUT2D eigenvalue weighted by molar-refractivity contribution is 5.93. The van der Waals surface area contributed by atoms with Crippen molar-refractivity contribution in [2.75, 3.05) is 13.1 Å². The topological polar surface area (TPSA) is 89.4 Å². The van der Waals surface area contributed by atoms with Crippen LogP contribution in [0, 0.1) is 0 Å². The maximum Gasteiger partial charge on any atom is 0.407 e. The van der Waals surface area contributed by atoms with Crippen LogP contribution in [0.1, 0.15) is 44.7 Å². The Morgan fingerprint density at radius 2 is 1.86 bits per heavy atom. The van der Waals surface area contributed by atoms with Gasteiger partial charge in [0.05, 0.1) is 6.54 Å². The summed E-state index contributed by atoms with van der Waals surface area (Å²) < 4.78 is 7.22. The van der Waals surface area contributed by atoms with E-state index >= 15 is 0 Å². The molecule has 2 amide bonds. The maximum absolute atomic E-state index is 12.9. The molecule has 36 heavy (non-hydrogen) atoms. The second kappa shape index (κ2) is 11.2. The van der Waals surface area contributed by atoms with Gasteiger partial charge in [0.15, 0.2) is 0 Å². The van der Waals surface area contributed by atoms with Crippen molar-refractivity contribution in [1.29, 1.82) is 0 Å². The molecule has 1 fully saturated rings. The fourth-order valence-corrected chi connectivity index (χ4v) is 4.12. The van der Waals surface area contributed by atoms with Crippen molar-refractivity contribution in [3.63, 3.8) is 0 Å². The van der Waals surface area contributed by atoms with Gasteiger partial charge in [-0.15, -0.1) is 0 Å². The van der Waals surface area contributed by atoms with E-state index in [0.717, 1.165) is 22.4 Å². The van der Waals surface area contributed by atoms with E-state index in [0.29, 0.717) is 32.5 Å². The smallest absolute Gasteiger partial charge is 0.407 e. The van der Waals surface area contributed by atoms with Gasteiger partial charge >= 0.3 is 6.09 Å². The van der Waals surface area contributed by atoms with E-state index in [9.17, 15) is 9.59 Å². The fraction of sp³-hybridized carbons (Fsp3) is 0.357. The first kappa shape index (κ1) is 25.2. The van der Waals surface area contributed by atoms with E-state index in [1.165, 1.54) is 0 Å². The molecular weight excluding hydrogens is 454 g/mol. The zero-order valence-corrected chi connectivity index (χ0v) is 21.1. The standard InChI is InChI=1S/C28H33N5O3/c1-28(2,3)36-27(35)30-24-13-16-32(17-14-24)25(34)12-11-23-20-33(19-21-8-5-4-6-9-21)31-26(23)22-10-7-15-29-18-22/h4-12,15,18,20,24H,13-14,16-17,19H2,1-3H3,(H,30,35)/b12-11+. The third-order valence-corrected chi connectivity index (χ3v) is 5.85. The van der Waals surface area contributed by atoms with Gasteiger partial charge in [0, 0.05) is 54.9 Å². The molecule has 188 valence electrons. The van der Waals surface area contributed by atoms with Crippen LogP contribution in [0.25, 0.3) is 17.3 Å². The summed E-state index contributed by atoms with van der Waals surface area (Å²) in [7, 11) is 0. The van der Waals surface area contributed by atoms with Crippen molar-refractivity contribution in [1.82, 2.24) is 25.0 Å². The summed E-state index contributed by atoms with van der Waals surface area (Å²) in [5.74, 6) is -0.0568. The minimum atomic E-state index is -0.533. The summed E-state index contributed by atoms with van der Waals surface area (Å²) in [6, 6.07) is 14.0. The first-order valence-electron chi connectivity index (χ1n) is 12.2. The number of benzene rings is 1. The third kappa shape index (κ3) is 7.04. The van der Waals surface area contributed by atoms with Gasteiger partial charge in [0.1, 0.15) is 11.3 Å². The van der Waals surface area contributed by atoms with E-state index in [1.54, 1.807) is 18.5 Å². The number of aromatic nitrogens is 3. The maximum atomic E-state index is 12.9. The van der Waals surface area contributed by atoms with Crippen LogP contribution < -0.4 is 5.32 Å². The molecule has 0 atom stereocenters. The molecule has 0 saturated carbocycles. The van der Waals surface area contributed by atoms with Crippen molar-refractivity contribution in [2.24, 2.45) is 0 Å². The highest BCUT2D eigenvalue weighted by Crippen LogP contribution is 2.23. The zero-order valence-electron chi connectivity index (χ0n) is 21.1. The van der Waals surface area contributed by atoms with Crippen LogP contribution in [0.4, 0.5) is 4.79 Å². The SMILES string of the molecule is CC(C)(C)OC(=O)NC1CCN(C(=O)/C=C/c2cn(Cc3ccccc3)nc2-c2cccnc2)CC1. The van der Waals surface area contributed by atoms with Gasteiger partial charge < -0.3 is 15.0 Å². The molecule has 4 rings (SSSR count). The zero-order chi connectivity index (χ0) is 25.5. The Balaban J connectivity index is 1.41. The number of nitrogens with one attached hydrogen (secondary N) is 1. The van der Waals surface area contributed by atoms with E-state index in [2.05, 4.69) is 22.4 Å². The summed E-state index contributed by atoms with van der Waals surface area (Å²) in [6.07, 6.45) is 9.85. The Bertz CT molecular complexity index is 1190. The number of ether oxygens (including phenoxy) is 1. The molecule has 1 N–H and O–H groups in total. The van der Waals surface area contributed by atoms with Gasteiger partial charge in [0.25, 0.3) is 0 Å². The van der Waals surface area contributed by atoms with Gasteiger partial charge in [0.2, 0.25) is 5.91 Å². The van der Waals surface area contributed by atoms with E-state index < -0.39 is 11.7 Å². The van der Waals surface area contributed by atoms with Gasteiger partial charge in [-0.1, -0.05) is 30.3 Å². The predicted octanol–water partition coefficient (Wildman–Crippen LogP) is 4.52. The summed E-state index contributed by atoms with van der Waals surface area (Å²) in [4.78, 5) is 31.0. The summed E-state index contributed by atoms with van der Waals surface area (Å²) in [5.41, 5.74) is 3.14. The molecule has 1 aliphatic rings. The molecule has 0 bridgehead atoms. The first-order valence-corrected chi connectivity index (χ1v) is 12.2. The minimum absolute atomic E-state index is 0.00119. The minimum Gasteiger partial charge on any atom is -0.444 e. The molecule has 1 saturated heterocycles. The number of hydrogen-bond donors (Lipinski definition) is 1. The molecule has 0 spiro atoms. The van der Waals surface area contributed by atoms with Gasteiger partial charge in [-0.3, -0.25) is 14.5 Å². The van der Waals surface area contributed by atoms with E-state index in [4.69, 9.17) is 9.84 Å². The highest BCUT2D eigenvalue weighted by atomic mass is 16.6. The van der Waals surface area contributed by atoms with Crippen LogP contribution in [-0.4, -0.2) is 56.4 Å². The summed E-state index contributed by atoms with van der Waals surface area (Å²) in [6.45, 7) is 7.30. The molecule has 3 aromatic rings. The Morgan fingerprint density at radius 3 is 2.53 bits per heavy atom. The van der Waals surface area contributed by atoms with Gasteiger partial charge in [-0.25, -0.2) is 4.79 Å². The number of carbonyl (C=O) groups is 2.